The van der Waals surface area contributed by atoms with Crippen molar-refractivity contribution in [2.45, 2.75) is 33.6 Å². The zero-order valence-electron chi connectivity index (χ0n) is 8.30. The molecule has 0 bridgehead atoms. The first-order chi connectivity index (χ1) is 5.67. The first kappa shape index (κ1) is 8.10. The summed E-state index contributed by atoms with van der Waals surface area (Å²) in [4.78, 5) is 0. The molecule has 1 fully saturated rings. The van der Waals surface area contributed by atoms with Crippen molar-refractivity contribution in [3.63, 3.8) is 0 Å². The van der Waals surface area contributed by atoms with Gasteiger partial charge in [-0.3, -0.25) is 0 Å². The van der Waals surface area contributed by atoms with Gasteiger partial charge in [-0.1, -0.05) is 39.0 Å². The van der Waals surface area contributed by atoms with E-state index in [1.54, 1.807) is 5.57 Å². The first-order valence-corrected chi connectivity index (χ1v) is 5.04. The van der Waals surface area contributed by atoms with Crippen LogP contribution in [0.5, 0.6) is 0 Å². The van der Waals surface area contributed by atoms with Crippen molar-refractivity contribution in [3.8, 4) is 0 Å². The fraction of sp³-hybridized carbons (Fsp3) is 0.667. The number of hydrogen-bond acceptors (Lipinski definition) is 0. The maximum atomic E-state index is 2.43. The lowest BCUT2D eigenvalue weighted by atomic mass is 9.90. The van der Waals surface area contributed by atoms with E-state index < -0.39 is 0 Å². The number of rotatable bonds is 1. The summed E-state index contributed by atoms with van der Waals surface area (Å²) < 4.78 is 0. The van der Waals surface area contributed by atoms with Crippen LogP contribution >= 0.6 is 0 Å². The number of allylic oxidation sites excluding steroid dienone is 4. The zero-order chi connectivity index (χ0) is 8.77. The van der Waals surface area contributed by atoms with E-state index in [9.17, 15) is 0 Å². The molecule has 2 unspecified atom stereocenters. The van der Waals surface area contributed by atoms with Gasteiger partial charge >= 0.3 is 0 Å². The Kier molecular flexibility index (Phi) is 1.67. The molecule has 0 aliphatic heterocycles. The Morgan fingerprint density at radius 3 is 2.33 bits per heavy atom. The summed E-state index contributed by atoms with van der Waals surface area (Å²) in [6.45, 7) is 7.14. The predicted octanol–water partition coefficient (Wildman–Crippen LogP) is 3.55. The van der Waals surface area contributed by atoms with Crippen LogP contribution in [0.4, 0.5) is 0 Å². The van der Waals surface area contributed by atoms with Crippen molar-refractivity contribution in [1.82, 2.24) is 0 Å². The van der Waals surface area contributed by atoms with Gasteiger partial charge in [0.2, 0.25) is 0 Å². The summed E-state index contributed by atoms with van der Waals surface area (Å²) in [6.07, 6.45) is 9.57. The van der Waals surface area contributed by atoms with Crippen LogP contribution in [0.2, 0.25) is 0 Å². The van der Waals surface area contributed by atoms with Crippen LogP contribution in [0.1, 0.15) is 33.6 Å². The summed E-state index contributed by atoms with van der Waals surface area (Å²) >= 11 is 0. The van der Waals surface area contributed by atoms with Gasteiger partial charge in [-0.25, -0.2) is 0 Å². The largest absolute Gasteiger partial charge is 0.0839 e. The molecule has 0 aromatic heterocycles. The smallest absolute Gasteiger partial charge is 0.00216 e. The summed E-state index contributed by atoms with van der Waals surface area (Å²) in [5.41, 5.74) is 2.10. The molecule has 0 heterocycles. The highest BCUT2D eigenvalue weighted by atomic mass is 14.6. The van der Waals surface area contributed by atoms with Gasteiger partial charge in [-0.05, 0) is 35.7 Å². The normalized spacial score (nSPS) is 45.8. The predicted molar refractivity (Wildman–Crippen MR) is 52.9 cm³/mol. The molecule has 2 aliphatic rings. The van der Waals surface area contributed by atoms with Crippen LogP contribution in [-0.4, -0.2) is 0 Å². The molecule has 0 N–H and O–H groups in total. The van der Waals surface area contributed by atoms with E-state index in [1.165, 1.54) is 12.8 Å². The third-order valence-corrected chi connectivity index (χ3v) is 4.15. The molecule has 0 radical (unpaired) electrons. The van der Waals surface area contributed by atoms with E-state index >= 15 is 0 Å². The maximum Gasteiger partial charge on any atom is -0.00216 e. The second-order valence-electron chi connectivity index (χ2n) is 4.50. The van der Waals surface area contributed by atoms with Crippen LogP contribution in [0.15, 0.2) is 23.8 Å². The van der Waals surface area contributed by atoms with E-state index in [-0.39, 0.29) is 0 Å². The third-order valence-electron chi connectivity index (χ3n) is 4.15. The molecular formula is C12H18. The standard InChI is InChI=1S/C12H18/c1-9-10(2)12(9,3)11-7-5-4-6-8-11/h5,7-10H,4,6H2,1-3H3/t9-,10?,12?/m1/s1. The van der Waals surface area contributed by atoms with Gasteiger partial charge in [-0.2, -0.15) is 0 Å². The van der Waals surface area contributed by atoms with Crippen molar-refractivity contribution in [1.29, 1.82) is 0 Å². The Bertz CT molecular complexity index is 237. The minimum Gasteiger partial charge on any atom is -0.0839 e. The molecule has 0 amide bonds. The highest BCUT2D eigenvalue weighted by Crippen LogP contribution is 2.63. The average Bonchev–Trinajstić information content (AvgIpc) is 2.60. The van der Waals surface area contributed by atoms with E-state index in [0.29, 0.717) is 5.41 Å². The lowest BCUT2D eigenvalue weighted by molar-refractivity contribution is 0.601. The van der Waals surface area contributed by atoms with Crippen LogP contribution < -0.4 is 0 Å². The minimum absolute atomic E-state index is 0.511. The lowest BCUT2D eigenvalue weighted by Gasteiger charge is -2.15. The van der Waals surface area contributed by atoms with Gasteiger partial charge in [0.05, 0.1) is 0 Å². The lowest BCUT2D eigenvalue weighted by Crippen LogP contribution is -2.03. The van der Waals surface area contributed by atoms with Gasteiger partial charge < -0.3 is 0 Å². The second kappa shape index (κ2) is 2.48. The highest BCUT2D eigenvalue weighted by Gasteiger charge is 2.56. The Balaban J connectivity index is 2.20. The Morgan fingerprint density at radius 2 is 1.92 bits per heavy atom. The zero-order valence-corrected chi connectivity index (χ0v) is 8.30. The van der Waals surface area contributed by atoms with Gasteiger partial charge in [0.1, 0.15) is 0 Å². The topological polar surface area (TPSA) is 0 Å². The van der Waals surface area contributed by atoms with Gasteiger partial charge in [0, 0.05) is 0 Å². The molecule has 2 rings (SSSR count). The van der Waals surface area contributed by atoms with Crippen molar-refractivity contribution in [2.24, 2.45) is 17.3 Å². The summed E-state index contributed by atoms with van der Waals surface area (Å²) in [5, 5.41) is 0. The summed E-state index contributed by atoms with van der Waals surface area (Å²) in [6, 6.07) is 0. The molecule has 0 saturated heterocycles. The van der Waals surface area contributed by atoms with E-state index in [0.717, 1.165) is 11.8 Å². The quantitative estimate of drug-likeness (QED) is 0.553. The van der Waals surface area contributed by atoms with Crippen LogP contribution in [0.3, 0.4) is 0 Å². The SMILES string of the molecule is CC1[C@@H](C)C1(C)C1=CCCC=C1. The average molecular weight is 162 g/mol. The minimum atomic E-state index is 0.511. The molecule has 3 atom stereocenters. The van der Waals surface area contributed by atoms with Crippen molar-refractivity contribution < 1.29 is 0 Å². The van der Waals surface area contributed by atoms with Crippen molar-refractivity contribution in [3.05, 3.63) is 23.8 Å². The van der Waals surface area contributed by atoms with Crippen LogP contribution in [0.25, 0.3) is 0 Å². The molecule has 0 heteroatoms. The molecule has 0 nitrogen and oxygen atoms in total. The van der Waals surface area contributed by atoms with Gasteiger partial charge in [0.15, 0.2) is 0 Å². The molecular weight excluding hydrogens is 144 g/mol. The molecule has 2 aliphatic carbocycles. The molecule has 66 valence electrons. The molecule has 0 aromatic carbocycles. The Morgan fingerprint density at radius 1 is 1.25 bits per heavy atom. The summed E-state index contributed by atoms with van der Waals surface area (Å²) in [5.74, 6) is 1.76. The van der Waals surface area contributed by atoms with Crippen molar-refractivity contribution in [2.75, 3.05) is 0 Å². The Labute approximate surface area is 75.4 Å². The van der Waals surface area contributed by atoms with E-state index in [4.69, 9.17) is 0 Å². The van der Waals surface area contributed by atoms with Gasteiger partial charge in [-0.15, -0.1) is 0 Å². The summed E-state index contributed by atoms with van der Waals surface area (Å²) in [7, 11) is 0. The monoisotopic (exact) mass is 162 g/mol. The van der Waals surface area contributed by atoms with Gasteiger partial charge in [0.25, 0.3) is 0 Å². The number of hydrogen-bond donors (Lipinski definition) is 0. The molecule has 0 aromatic rings. The van der Waals surface area contributed by atoms with Crippen LogP contribution in [0, 0.1) is 17.3 Å². The Hall–Kier alpha value is -0.520. The van der Waals surface area contributed by atoms with E-state index in [1.807, 2.05) is 0 Å². The van der Waals surface area contributed by atoms with E-state index in [2.05, 4.69) is 39.0 Å². The molecule has 12 heavy (non-hydrogen) atoms. The van der Waals surface area contributed by atoms with Crippen LogP contribution in [-0.2, 0) is 0 Å². The second-order valence-corrected chi connectivity index (χ2v) is 4.50. The maximum absolute atomic E-state index is 2.43. The fourth-order valence-electron chi connectivity index (χ4n) is 2.52. The highest BCUT2D eigenvalue weighted by molar-refractivity contribution is 5.36. The van der Waals surface area contributed by atoms with Crippen molar-refractivity contribution >= 4 is 0 Å². The first-order valence-electron chi connectivity index (χ1n) is 5.04. The third kappa shape index (κ3) is 0.903. The molecule has 0 spiro atoms. The fourth-order valence-corrected chi connectivity index (χ4v) is 2.52. The molecule has 1 saturated carbocycles.